The predicted molar refractivity (Wildman–Crippen MR) is 126 cm³/mol. The number of anilines is 3. The summed E-state index contributed by atoms with van der Waals surface area (Å²) in [6.45, 7) is 0. The number of nitrogens with one attached hydrogen (secondary N) is 2. The molecule has 0 atom stereocenters. The number of amides is 3. The molecule has 0 saturated carbocycles. The Hall–Kier alpha value is -3.39. The van der Waals surface area contributed by atoms with Gasteiger partial charge in [-0.1, -0.05) is 46.9 Å². The topological polar surface area (TPSA) is 78.5 Å². The zero-order chi connectivity index (χ0) is 23.7. The van der Waals surface area contributed by atoms with Crippen LogP contribution in [0.3, 0.4) is 0 Å². The summed E-state index contributed by atoms with van der Waals surface area (Å²) in [6.07, 6.45) is 0. The molecule has 33 heavy (non-hydrogen) atoms. The lowest BCUT2D eigenvalue weighted by molar-refractivity contribution is -0.120. The molecule has 0 bridgehead atoms. The van der Waals surface area contributed by atoms with Gasteiger partial charge in [0.05, 0.1) is 16.4 Å². The van der Waals surface area contributed by atoms with E-state index >= 15 is 0 Å². The van der Waals surface area contributed by atoms with Crippen LogP contribution in [0.4, 0.5) is 21.5 Å². The van der Waals surface area contributed by atoms with Gasteiger partial charge in [-0.15, -0.1) is 0 Å². The molecule has 10 heteroatoms. The summed E-state index contributed by atoms with van der Waals surface area (Å²) >= 11 is 18.0. The number of hydrogen-bond donors (Lipinski definition) is 2. The van der Waals surface area contributed by atoms with Crippen molar-refractivity contribution in [2.45, 2.75) is 0 Å². The lowest BCUT2D eigenvalue weighted by atomic mass is 10.2. The molecule has 2 N–H and O–H groups in total. The number of nitrogens with zero attached hydrogens (tertiary/aromatic N) is 1. The van der Waals surface area contributed by atoms with Gasteiger partial charge in [0.2, 0.25) is 0 Å². The Morgan fingerprint density at radius 1 is 0.879 bits per heavy atom. The van der Waals surface area contributed by atoms with Crippen LogP contribution in [0.25, 0.3) is 0 Å². The first kappa shape index (κ1) is 22.8. The molecule has 3 aromatic carbocycles. The molecular formula is C23H13Cl3FN3O3. The highest BCUT2D eigenvalue weighted by atomic mass is 35.5. The highest BCUT2D eigenvalue weighted by molar-refractivity contribution is 6.53. The van der Waals surface area contributed by atoms with Gasteiger partial charge >= 0.3 is 0 Å². The molecule has 3 aromatic rings. The average Bonchev–Trinajstić information content (AvgIpc) is 3.00. The van der Waals surface area contributed by atoms with Crippen LogP contribution in [-0.2, 0) is 9.59 Å². The first-order chi connectivity index (χ1) is 15.8. The third kappa shape index (κ3) is 4.57. The smallest absolute Gasteiger partial charge is 0.283 e. The minimum absolute atomic E-state index is 0.199. The third-order valence-electron chi connectivity index (χ3n) is 4.72. The lowest BCUT2D eigenvalue weighted by Crippen LogP contribution is -2.33. The Bertz CT molecular complexity index is 1330. The van der Waals surface area contributed by atoms with Crippen molar-refractivity contribution >= 4 is 69.6 Å². The Morgan fingerprint density at radius 2 is 1.58 bits per heavy atom. The number of imide groups is 1. The molecule has 0 saturated heterocycles. The van der Waals surface area contributed by atoms with Crippen molar-refractivity contribution in [3.8, 4) is 0 Å². The van der Waals surface area contributed by atoms with E-state index in [1.807, 2.05) is 0 Å². The summed E-state index contributed by atoms with van der Waals surface area (Å²) < 4.78 is 14.1. The van der Waals surface area contributed by atoms with E-state index in [9.17, 15) is 18.8 Å². The summed E-state index contributed by atoms with van der Waals surface area (Å²) in [5.74, 6) is -2.79. The molecule has 0 aliphatic carbocycles. The quantitative estimate of drug-likeness (QED) is 0.429. The maximum Gasteiger partial charge on any atom is 0.283 e. The molecular weight excluding hydrogens is 492 g/mol. The van der Waals surface area contributed by atoms with E-state index in [1.165, 1.54) is 48.5 Å². The largest absolute Gasteiger partial charge is 0.350 e. The highest BCUT2D eigenvalue weighted by Gasteiger charge is 2.40. The molecule has 0 radical (unpaired) electrons. The van der Waals surface area contributed by atoms with Crippen molar-refractivity contribution in [1.82, 2.24) is 0 Å². The van der Waals surface area contributed by atoms with Gasteiger partial charge in [0.25, 0.3) is 17.7 Å². The normalized spacial score (nSPS) is 13.5. The number of benzene rings is 3. The van der Waals surface area contributed by atoms with Crippen molar-refractivity contribution in [2.24, 2.45) is 0 Å². The van der Waals surface area contributed by atoms with E-state index in [2.05, 4.69) is 10.6 Å². The number of hydrogen-bond acceptors (Lipinski definition) is 4. The van der Waals surface area contributed by atoms with Crippen LogP contribution in [0.2, 0.25) is 10.0 Å². The van der Waals surface area contributed by atoms with Gasteiger partial charge in [-0.3, -0.25) is 14.4 Å². The molecule has 0 aromatic heterocycles. The van der Waals surface area contributed by atoms with Gasteiger partial charge in [-0.05, 0) is 54.6 Å². The summed E-state index contributed by atoms with van der Waals surface area (Å²) in [4.78, 5) is 38.4. The molecule has 1 aliphatic heterocycles. The first-order valence-corrected chi connectivity index (χ1v) is 10.6. The molecule has 0 fully saturated rings. The van der Waals surface area contributed by atoms with Gasteiger partial charge in [0.15, 0.2) is 0 Å². The number of carbonyl (C=O) groups is 3. The summed E-state index contributed by atoms with van der Waals surface area (Å²) in [5, 5.41) is 5.80. The van der Waals surface area contributed by atoms with E-state index in [4.69, 9.17) is 34.8 Å². The second-order valence-electron chi connectivity index (χ2n) is 6.87. The highest BCUT2D eigenvalue weighted by Crippen LogP contribution is 2.31. The molecule has 0 unspecified atom stereocenters. The van der Waals surface area contributed by atoms with Crippen LogP contribution in [0.5, 0.6) is 0 Å². The van der Waals surface area contributed by atoms with Gasteiger partial charge in [0, 0.05) is 16.3 Å². The zero-order valence-corrected chi connectivity index (χ0v) is 18.8. The molecule has 3 amide bonds. The fraction of sp³-hybridized carbons (Fsp3) is 0. The third-order valence-corrected chi connectivity index (χ3v) is 5.61. The van der Waals surface area contributed by atoms with Crippen LogP contribution in [0, 0.1) is 5.82 Å². The van der Waals surface area contributed by atoms with Gasteiger partial charge in [0.1, 0.15) is 16.5 Å². The van der Waals surface area contributed by atoms with Crippen LogP contribution >= 0.6 is 34.8 Å². The Labute approximate surface area is 202 Å². The number of halogens is 4. The van der Waals surface area contributed by atoms with E-state index in [1.54, 1.807) is 12.1 Å². The molecule has 1 heterocycles. The van der Waals surface area contributed by atoms with E-state index in [0.717, 1.165) is 6.07 Å². The monoisotopic (exact) mass is 503 g/mol. The summed E-state index contributed by atoms with van der Waals surface area (Å²) in [7, 11) is 0. The van der Waals surface area contributed by atoms with Crippen molar-refractivity contribution in [3.05, 3.63) is 98.9 Å². The Kier molecular flexibility index (Phi) is 6.37. The number of carbonyl (C=O) groups excluding carboxylic acids is 3. The van der Waals surface area contributed by atoms with Crippen LogP contribution < -0.4 is 15.5 Å². The molecule has 6 nitrogen and oxygen atoms in total. The molecule has 166 valence electrons. The summed E-state index contributed by atoms with van der Waals surface area (Å²) in [5.41, 5.74) is 0.702. The lowest BCUT2D eigenvalue weighted by Gasteiger charge is -2.15. The van der Waals surface area contributed by atoms with Crippen molar-refractivity contribution in [2.75, 3.05) is 15.5 Å². The number of rotatable bonds is 5. The predicted octanol–water partition coefficient (Wildman–Crippen LogP) is 5.82. The molecule has 4 rings (SSSR count). The van der Waals surface area contributed by atoms with Gasteiger partial charge in [-0.2, -0.15) is 0 Å². The summed E-state index contributed by atoms with van der Waals surface area (Å²) in [6, 6.07) is 16.1. The maximum absolute atomic E-state index is 14.1. The second kappa shape index (κ2) is 9.23. The van der Waals surface area contributed by atoms with Crippen molar-refractivity contribution < 1.29 is 18.8 Å². The average molecular weight is 505 g/mol. The zero-order valence-electron chi connectivity index (χ0n) is 16.5. The minimum Gasteiger partial charge on any atom is -0.350 e. The van der Waals surface area contributed by atoms with E-state index in [0.29, 0.717) is 31.9 Å². The standard InChI is InChI=1S/C23H13Cl3FN3O3/c24-13-7-10-17(15(25)11-13)29-21(31)12-5-8-14(9-6-12)28-20-19(26)22(32)30(23(20)33)18-4-2-1-3-16(18)27/h1-11,28H,(H,29,31). The van der Waals surface area contributed by atoms with Crippen LogP contribution in [0.1, 0.15) is 10.4 Å². The van der Waals surface area contributed by atoms with Crippen LogP contribution in [-0.4, -0.2) is 17.7 Å². The number of para-hydroxylation sites is 1. The fourth-order valence-electron chi connectivity index (χ4n) is 3.10. The van der Waals surface area contributed by atoms with Crippen molar-refractivity contribution in [3.63, 3.8) is 0 Å². The van der Waals surface area contributed by atoms with E-state index in [-0.39, 0.29) is 16.4 Å². The fourth-order valence-corrected chi connectivity index (χ4v) is 3.77. The maximum atomic E-state index is 14.1. The first-order valence-electron chi connectivity index (χ1n) is 9.43. The second-order valence-corrected chi connectivity index (χ2v) is 8.09. The molecule has 1 aliphatic rings. The van der Waals surface area contributed by atoms with Gasteiger partial charge < -0.3 is 10.6 Å². The Balaban J connectivity index is 1.49. The Morgan fingerprint density at radius 3 is 2.24 bits per heavy atom. The van der Waals surface area contributed by atoms with Crippen LogP contribution in [0.15, 0.2) is 77.5 Å². The van der Waals surface area contributed by atoms with E-state index < -0.39 is 23.5 Å². The van der Waals surface area contributed by atoms with Crippen molar-refractivity contribution in [1.29, 1.82) is 0 Å². The molecule has 0 spiro atoms. The minimum atomic E-state index is -0.842. The van der Waals surface area contributed by atoms with Gasteiger partial charge in [-0.25, -0.2) is 9.29 Å². The SMILES string of the molecule is O=C(Nc1ccc(Cl)cc1Cl)c1ccc(NC2=C(Cl)C(=O)N(c3ccccc3F)C2=O)cc1.